The summed E-state index contributed by atoms with van der Waals surface area (Å²) in [4.78, 5) is 59.1. The van der Waals surface area contributed by atoms with Crippen LogP contribution in [0.15, 0.2) is 0 Å². The number of hydrogen-bond acceptors (Lipinski definition) is 6. The van der Waals surface area contributed by atoms with Crippen molar-refractivity contribution in [2.24, 2.45) is 5.92 Å². The van der Waals surface area contributed by atoms with Gasteiger partial charge in [0.1, 0.15) is 0 Å². The van der Waals surface area contributed by atoms with E-state index in [0.717, 1.165) is 6.42 Å². The molecule has 0 aromatic rings. The first-order valence-corrected chi connectivity index (χ1v) is 11.9. The topological polar surface area (TPSA) is 154 Å². The first-order valence-electron chi connectivity index (χ1n) is 11.9. The van der Waals surface area contributed by atoms with E-state index in [4.69, 9.17) is 5.11 Å². The number of carbonyl (C=O) groups excluding carboxylic acids is 4. The zero-order valence-corrected chi connectivity index (χ0v) is 20.7. The fourth-order valence-electron chi connectivity index (χ4n) is 3.19. The van der Waals surface area contributed by atoms with Crippen LogP contribution in [0.2, 0.25) is 0 Å². The van der Waals surface area contributed by atoms with Gasteiger partial charge in [0.25, 0.3) is 0 Å². The van der Waals surface area contributed by atoms with Crippen molar-refractivity contribution in [3.63, 3.8) is 0 Å². The van der Waals surface area contributed by atoms with Crippen molar-refractivity contribution in [1.82, 2.24) is 21.3 Å². The lowest BCUT2D eigenvalue weighted by Gasteiger charge is -2.25. The lowest BCUT2D eigenvalue weighted by atomic mass is 9.97. The van der Waals surface area contributed by atoms with E-state index in [1.165, 1.54) is 0 Å². The highest BCUT2D eigenvalue weighted by atomic mass is 16.4. The van der Waals surface area contributed by atoms with Gasteiger partial charge in [-0.1, -0.05) is 41.0 Å². The normalized spacial score (nSPS) is 13.6. The molecule has 0 aromatic heterocycles. The van der Waals surface area contributed by atoms with Crippen molar-refractivity contribution in [3.8, 4) is 0 Å². The van der Waals surface area contributed by atoms with Gasteiger partial charge in [-0.05, 0) is 25.2 Å². The van der Waals surface area contributed by atoms with Gasteiger partial charge < -0.3 is 26.4 Å². The van der Waals surface area contributed by atoms with E-state index in [1.54, 1.807) is 6.92 Å². The van der Waals surface area contributed by atoms with Gasteiger partial charge in [-0.25, -0.2) is 0 Å². The van der Waals surface area contributed by atoms with Crippen molar-refractivity contribution in [2.75, 3.05) is 13.1 Å². The molecule has 0 aromatic carbocycles. The largest absolute Gasteiger partial charge is 0.481 e. The maximum Gasteiger partial charge on any atom is 0.303 e. The molecule has 0 aliphatic rings. The van der Waals surface area contributed by atoms with Crippen molar-refractivity contribution in [1.29, 1.82) is 0 Å². The molecule has 0 bridgehead atoms. The predicted molar refractivity (Wildman–Crippen MR) is 125 cm³/mol. The van der Waals surface area contributed by atoms with E-state index < -0.39 is 24.0 Å². The third-order valence-electron chi connectivity index (χ3n) is 5.31. The summed E-state index contributed by atoms with van der Waals surface area (Å²) in [6.07, 6.45) is 2.41. The first-order chi connectivity index (χ1) is 15.5. The average molecular weight is 471 g/mol. The molecule has 0 spiro atoms. The fourth-order valence-corrected chi connectivity index (χ4v) is 3.19. The number of aliphatic carboxylic acids is 1. The Morgan fingerprint density at radius 3 is 2.09 bits per heavy atom. The van der Waals surface area contributed by atoms with Gasteiger partial charge in [-0.3, -0.25) is 24.0 Å². The lowest BCUT2D eigenvalue weighted by Crippen LogP contribution is -2.53. The van der Waals surface area contributed by atoms with Crippen molar-refractivity contribution in [2.45, 2.75) is 97.7 Å². The standard InChI is InChI=1S/C23H42N4O6/c1-6-16(5)22(26-15(3)4)23(33)25-14-20(30)27-17(18(28)7-2)10-8-9-13-24-19(29)11-12-21(31)32/h15-17,22,26H,6-14H2,1-5H3,(H,24,29)(H,25,33)(H,27,30)(H,31,32)/t16?,17-,22-/m0/s1. The second kappa shape index (κ2) is 17.0. The molecule has 0 heterocycles. The number of carboxylic acid groups (broad SMARTS) is 1. The summed E-state index contributed by atoms with van der Waals surface area (Å²) in [5.41, 5.74) is 0. The summed E-state index contributed by atoms with van der Waals surface area (Å²) in [7, 11) is 0. The molecule has 0 aliphatic heterocycles. The third-order valence-corrected chi connectivity index (χ3v) is 5.31. The minimum Gasteiger partial charge on any atom is -0.481 e. The second-order valence-corrected chi connectivity index (χ2v) is 8.58. The minimum absolute atomic E-state index is 0.0708. The van der Waals surface area contributed by atoms with Crippen LogP contribution >= 0.6 is 0 Å². The number of hydrogen-bond donors (Lipinski definition) is 5. The first kappa shape index (κ1) is 30.5. The molecule has 0 aliphatic carbocycles. The second-order valence-electron chi connectivity index (χ2n) is 8.58. The van der Waals surface area contributed by atoms with E-state index in [2.05, 4.69) is 21.3 Å². The van der Waals surface area contributed by atoms with Crippen molar-refractivity contribution in [3.05, 3.63) is 0 Å². The van der Waals surface area contributed by atoms with E-state index >= 15 is 0 Å². The highest BCUT2D eigenvalue weighted by molar-refractivity contribution is 5.91. The van der Waals surface area contributed by atoms with Crippen LogP contribution in [0.1, 0.15) is 79.6 Å². The van der Waals surface area contributed by atoms with Crippen LogP contribution in [0.5, 0.6) is 0 Å². The number of amides is 3. The lowest BCUT2D eigenvalue weighted by molar-refractivity contribution is -0.138. The number of nitrogens with one attached hydrogen (secondary N) is 4. The number of unbranched alkanes of at least 4 members (excludes halogenated alkanes) is 1. The van der Waals surface area contributed by atoms with Gasteiger partial charge in [-0.15, -0.1) is 0 Å². The van der Waals surface area contributed by atoms with Crippen molar-refractivity contribution < 1.29 is 29.1 Å². The quantitative estimate of drug-likeness (QED) is 0.188. The van der Waals surface area contributed by atoms with Crippen LogP contribution in [0.25, 0.3) is 0 Å². The molecule has 0 radical (unpaired) electrons. The summed E-state index contributed by atoms with van der Waals surface area (Å²) >= 11 is 0. The summed E-state index contributed by atoms with van der Waals surface area (Å²) in [5, 5.41) is 19.8. The molecule has 190 valence electrons. The summed E-state index contributed by atoms with van der Waals surface area (Å²) in [6.45, 7) is 9.77. The third kappa shape index (κ3) is 14.3. The number of carboxylic acids is 1. The van der Waals surface area contributed by atoms with E-state index in [1.807, 2.05) is 27.7 Å². The molecule has 3 atom stereocenters. The maximum absolute atomic E-state index is 12.6. The van der Waals surface area contributed by atoms with Crippen LogP contribution in [0.4, 0.5) is 0 Å². The number of carbonyl (C=O) groups is 5. The zero-order chi connectivity index (χ0) is 25.4. The SMILES string of the molecule is CCC(=O)[C@H](CCCCNC(=O)CCC(=O)O)NC(=O)CNC(=O)[C@@H](NC(C)C)C(C)CC. The molecule has 0 saturated heterocycles. The van der Waals surface area contributed by atoms with Gasteiger partial charge in [0.05, 0.1) is 25.0 Å². The Morgan fingerprint density at radius 2 is 1.55 bits per heavy atom. The molecule has 0 fully saturated rings. The Kier molecular flexibility index (Phi) is 15.8. The molecule has 1 unspecified atom stereocenters. The van der Waals surface area contributed by atoms with E-state index in [-0.39, 0.29) is 55.4 Å². The monoisotopic (exact) mass is 470 g/mol. The maximum atomic E-state index is 12.6. The van der Waals surface area contributed by atoms with E-state index in [9.17, 15) is 24.0 Å². The highest BCUT2D eigenvalue weighted by Gasteiger charge is 2.25. The van der Waals surface area contributed by atoms with Crippen LogP contribution in [-0.2, 0) is 24.0 Å². The Balaban J connectivity index is 4.52. The van der Waals surface area contributed by atoms with Crippen LogP contribution < -0.4 is 21.3 Å². The molecule has 5 N–H and O–H groups in total. The average Bonchev–Trinajstić information content (AvgIpc) is 2.77. The molecule has 10 nitrogen and oxygen atoms in total. The van der Waals surface area contributed by atoms with Gasteiger partial charge in [0, 0.05) is 25.4 Å². The molecule has 10 heteroatoms. The molecule has 0 saturated carbocycles. The van der Waals surface area contributed by atoms with Crippen molar-refractivity contribution >= 4 is 29.5 Å². The Bertz CT molecular complexity index is 653. The Morgan fingerprint density at radius 1 is 0.879 bits per heavy atom. The highest BCUT2D eigenvalue weighted by Crippen LogP contribution is 2.09. The molecule has 3 amide bonds. The number of ketones is 1. The summed E-state index contributed by atoms with van der Waals surface area (Å²) in [5.74, 6) is -2.02. The van der Waals surface area contributed by atoms with Gasteiger partial charge in [-0.2, -0.15) is 0 Å². The van der Waals surface area contributed by atoms with Crippen LogP contribution in [0, 0.1) is 5.92 Å². The zero-order valence-electron chi connectivity index (χ0n) is 20.7. The molecule has 33 heavy (non-hydrogen) atoms. The minimum atomic E-state index is -1.02. The number of Topliss-reactive ketones (excluding diaryl/α,β-unsaturated/α-hetero) is 1. The van der Waals surface area contributed by atoms with Crippen LogP contribution in [-0.4, -0.2) is 65.8 Å². The molecular formula is C23H42N4O6. The fraction of sp³-hybridized carbons (Fsp3) is 0.783. The van der Waals surface area contributed by atoms with Gasteiger partial charge in [0.2, 0.25) is 17.7 Å². The summed E-state index contributed by atoms with van der Waals surface area (Å²) < 4.78 is 0. The summed E-state index contributed by atoms with van der Waals surface area (Å²) in [6, 6.07) is -0.931. The van der Waals surface area contributed by atoms with Gasteiger partial charge in [0.15, 0.2) is 5.78 Å². The smallest absolute Gasteiger partial charge is 0.303 e. The predicted octanol–water partition coefficient (Wildman–Crippen LogP) is 1.13. The van der Waals surface area contributed by atoms with E-state index in [0.29, 0.717) is 25.8 Å². The van der Waals surface area contributed by atoms with Crippen LogP contribution in [0.3, 0.4) is 0 Å². The Hall–Kier alpha value is -2.49. The van der Waals surface area contributed by atoms with Gasteiger partial charge >= 0.3 is 5.97 Å². The molecular weight excluding hydrogens is 428 g/mol. The molecule has 0 rings (SSSR count). The Labute approximate surface area is 197 Å². The number of rotatable bonds is 18.